The van der Waals surface area contributed by atoms with E-state index >= 15 is 0 Å². The molecule has 1 aliphatic rings. The van der Waals surface area contributed by atoms with E-state index < -0.39 is 31.0 Å². The highest BCUT2D eigenvalue weighted by molar-refractivity contribution is 7.52. The number of amides is 2. The molecule has 0 aromatic heterocycles. The lowest BCUT2D eigenvalue weighted by Crippen LogP contribution is -2.45. The van der Waals surface area contributed by atoms with Gasteiger partial charge < -0.3 is 23.6 Å². The van der Waals surface area contributed by atoms with Gasteiger partial charge in [0.1, 0.15) is 12.2 Å². The summed E-state index contributed by atoms with van der Waals surface area (Å²) in [5, 5.41) is 10.0. The third-order valence-electron chi connectivity index (χ3n) is 4.05. The van der Waals surface area contributed by atoms with Crippen LogP contribution >= 0.6 is 7.60 Å². The van der Waals surface area contributed by atoms with E-state index in [2.05, 4.69) is 0 Å². The highest BCUT2D eigenvalue weighted by Crippen LogP contribution is 2.43. The Labute approximate surface area is 190 Å². The van der Waals surface area contributed by atoms with Crippen molar-refractivity contribution in [3.63, 3.8) is 0 Å². The maximum atomic E-state index is 12.2. The van der Waals surface area contributed by atoms with E-state index in [0.29, 0.717) is 26.1 Å². The Kier molecular flexibility index (Phi) is 10.8. The van der Waals surface area contributed by atoms with Gasteiger partial charge in [-0.1, -0.05) is 30.3 Å². The molecule has 1 saturated carbocycles. The smallest absolute Gasteiger partial charge is 0.419 e. The van der Waals surface area contributed by atoms with Crippen molar-refractivity contribution in [3.8, 4) is 0 Å². The molecule has 1 aromatic rings. The maximum absolute atomic E-state index is 12.2. The van der Waals surface area contributed by atoms with Crippen LogP contribution in [-0.2, 0) is 29.7 Å². The Morgan fingerprint density at radius 2 is 1.59 bits per heavy atom. The molecule has 0 saturated heterocycles. The Hall–Kier alpha value is -1.93. The van der Waals surface area contributed by atoms with Gasteiger partial charge in [0.05, 0.1) is 25.4 Å². The van der Waals surface area contributed by atoms with Gasteiger partial charge in [-0.15, -0.1) is 0 Å². The van der Waals surface area contributed by atoms with Crippen LogP contribution in [0.2, 0.25) is 0 Å². The van der Waals surface area contributed by atoms with Crippen molar-refractivity contribution in [1.29, 1.82) is 0 Å². The van der Waals surface area contributed by atoms with Crippen LogP contribution in [-0.4, -0.2) is 59.8 Å². The third kappa shape index (κ3) is 11.6. The van der Waals surface area contributed by atoms with E-state index in [4.69, 9.17) is 18.5 Å². The van der Waals surface area contributed by atoms with Gasteiger partial charge in [-0.3, -0.25) is 4.57 Å². The molecule has 0 radical (unpaired) electrons. The number of benzene rings is 1. The van der Waals surface area contributed by atoms with Crippen molar-refractivity contribution in [1.82, 2.24) is 4.90 Å². The average Bonchev–Trinajstić information content (AvgIpc) is 3.41. The Balaban J connectivity index is 0.000000482. The van der Waals surface area contributed by atoms with Crippen molar-refractivity contribution in [3.05, 3.63) is 35.9 Å². The first-order chi connectivity index (χ1) is 14.8. The summed E-state index contributed by atoms with van der Waals surface area (Å²) >= 11 is 0. The second-order valence-electron chi connectivity index (χ2n) is 8.44. The molecular formula is C22H36NO8P. The summed E-state index contributed by atoms with van der Waals surface area (Å²) in [4.78, 5) is 25.3. The number of hydrogen-bond acceptors (Lipinski definition) is 8. The summed E-state index contributed by atoms with van der Waals surface area (Å²) in [6.07, 6.45) is -0.518. The number of nitrogens with zero attached hydrogens (tertiary/aromatic N) is 1. The first-order valence-electron chi connectivity index (χ1n) is 10.6. The molecule has 32 heavy (non-hydrogen) atoms. The molecule has 1 aromatic carbocycles. The van der Waals surface area contributed by atoms with Crippen molar-refractivity contribution in [2.45, 2.75) is 65.3 Å². The molecule has 1 N–H and O–H groups in total. The number of imide groups is 1. The fraction of sp³-hybridized carbons (Fsp3) is 0.636. The molecule has 2 rings (SSSR count). The molecule has 0 atom stereocenters. The minimum atomic E-state index is -2.69. The predicted molar refractivity (Wildman–Crippen MR) is 121 cm³/mol. The maximum Gasteiger partial charge on any atom is 0.419 e. The van der Waals surface area contributed by atoms with Crippen LogP contribution in [0, 0.1) is 0 Å². The number of carbonyl (C=O) groups is 2. The average molecular weight is 474 g/mol. The predicted octanol–water partition coefficient (Wildman–Crippen LogP) is 4.97. The van der Waals surface area contributed by atoms with E-state index in [1.54, 1.807) is 34.6 Å². The zero-order chi connectivity index (χ0) is 24.4. The zero-order valence-electron chi connectivity index (χ0n) is 19.8. The van der Waals surface area contributed by atoms with Gasteiger partial charge in [0.15, 0.2) is 0 Å². The number of rotatable bonds is 8. The Bertz CT molecular complexity index is 764. The largest absolute Gasteiger partial charge is 0.444 e. The summed E-state index contributed by atoms with van der Waals surface area (Å²) < 4.78 is 31.0. The lowest BCUT2D eigenvalue weighted by Gasteiger charge is -2.27. The standard InChI is InChI=1S/C17H23NO5.C5H13O3P/c1-16(2,3)23-15(20)18(12-17(21)9-10-17)14(19)22-11-13-7-5-4-6-8-13;1-4-7-9(3,6)8-5-2/h4-8,21H,9-12H2,1-3H3;4-5H2,1-3H3. The van der Waals surface area contributed by atoms with Crippen molar-refractivity contribution in [2.75, 3.05) is 26.4 Å². The first-order valence-corrected chi connectivity index (χ1v) is 12.6. The molecular weight excluding hydrogens is 437 g/mol. The van der Waals surface area contributed by atoms with Gasteiger partial charge in [-0.2, -0.15) is 0 Å². The van der Waals surface area contributed by atoms with E-state index in [-0.39, 0.29) is 13.2 Å². The van der Waals surface area contributed by atoms with Crippen LogP contribution in [0.4, 0.5) is 9.59 Å². The van der Waals surface area contributed by atoms with E-state index in [1.165, 1.54) is 6.66 Å². The summed E-state index contributed by atoms with van der Waals surface area (Å²) in [6.45, 7) is 11.0. The number of aliphatic hydroxyl groups is 1. The van der Waals surface area contributed by atoms with Crippen molar-refractivity contribution < 1.29 is 37.8 Å². The summed E-state index contributed by atoms with van der Waals surface area (Å²) in [6, 6.07) is 9.17. The number of ether oxygens (including phenoxy) is 2. The van der Waals surface area contributed by atoms with E-state index in [1.807, 2.05) is 30.3 Å². The highest BCUT2D eigenvalue weighted by Gasteiger charge is 2.45. The van der Waals surface area contributed by atoms with Gasteiger partial charge in [0.2, 0.25) is 0 Å². The van der Waals surface area contributed by atoms with Gasteiger partial charge in [0, 0.05) is 6.66 Å². The Morgan fingerprint density at radius 1 is 1.06 bits per heavy atom. The second-order valence-corrected chi connectivity index (χ2v) is 10.5. The summed E-state index contributed by atoms with van der Waals surface area (Å²) in [7, 11) is -2.69. The minimum absolute atomic E-state index is 0.0530. The lowest BCUT2D eigenvalue weighted by molar-refractivity contribution is 0.00766. The minimum Gasteiger partial charge on any atom is -0.444 e. The van der Waals surface area contributed by atoms with Crippen LogP contribution in [0.25, 0.3) is 0 Å². The molecule has 0 aliphatic heterocycles. The topological polar surface area (TPSA) is 112 Å². The van der Waals surface area contributed by atoms with Crippen molar-refractivity contribution >= 4 is 19.8 Å². The van der Waals surface area contributed by atoms with Crippen LogP contribution in [0.15, 0.2) is 30.3 Å². The monoisotopic (exact) mass is 473 g/mol. The second kappa shape index (κ2) is 12.3. The van der Waals surface area contributed by atoms with Crippen LogP contribution in [0.5, 0.6) is 0 Å². The quantitative estimate of drug-likeness (QED) is 0.527. The first kappa shape index (κ1) is 28.1. The van der Waals surface area contributed by atoms with E-state index in [0.717, 1.165) is 10.5 Å². The van der Waals surface area contributed by atoms with Crippen LogP contribution in [0.1, 0.15) is 53.0 Å². The fourth-order valence-corrected chi connectivity index (χ4v) is 3.43. The van der Waals surface area contributed by atoms with Gasteiger partial charge in [-0.25, -0.2) is 14.5 Å². The lowest BCUT2D eigenvalue weighted by atomic mass is 10.2. The van der Waals surface area contributed by atoms with Gasteiger partial charge >= 0.3 is 19.8 Å². The third-order valence-corrected chi connectivity index (χ3v) is 5.50. The molecule has 0 bridgehead atoms. The van der Waals surface area contributed by atoms with Gasteiger partial charge in [-0.05, 0) is 53.0 Å². The van der Waals surface area contributed by atoms with Gasteiger partial charge in [0.25, 0.3) is 0 Å². The fourth-order valence-electron chi connectivity index (χ4n) is 2.42. The molecule has 182 valence electrons. The number of hydrogen-bond donors (Lipinski definition) is 1. The van der Waals surface area contributed by atoms with Crippen molar-refractivity contribution in [2.24, 2.45) is 0 Å². The normalized spacial score (nSPS) is 14.6. The van der Waals surface area contributed by atoms with E-state index in [9.17, 15) is 19.3 Å². The molecule has 2 amide bonds. The Morgan fingerprint density at radius 3 is 2.03 bits per heavy atom. The summed E-state index contributed by atoms with van der Waals surface area (Å²) in [5.41, 5.74) is -0.931. The molecule has 10 heteroatoms. The zero-order valence-corrected chi connectivity index (χ0v) is 20.7. The molecule has 1 aliphatic carbocycles. The number of carbonyl (C=O) groups excluding carboxylic acids is 2. The molecule has 1 fully saturated rings. The molecule has 0 heterocycles. The SMILES string of the molecule is CC(C)(C)OC(=O)N(CC1(O)CC1)C(=O)OCc1ccccc1.CCOP(C)(=O)OCC. The summed E-state index contributed by atoms with van der Waals surface area (Å²) in [5.74, 6) is 0. The molecule has 0 unspecified atom stereocenters. The molecule has 0 spiro atoms. The van der Waals surface area contributed by atoms with Crippen LogP contribution in [0.3, 0.4) is 0 Å². The molecule has 9 nitrogen and oxygen atoms in total. The van der Waals surface area contributed by atoms with Crippen LogP contribution < -0.4 is 0 Å². The highest BCUT2D eigenvalue weighted by atomic mass is 31.2.